The Morgan fingerprint density at radius 3 is 2.79 bits per heavy atom. The third kappa shape index (κ3) is 7.31. The van der Waals surface area contributed by atoms with Crippen LogP contribution in [0.5, 0.6) is 5.75 Å². The van der Waals surface area contributed by atoms with Crippen molar-refractivity contribution in [3.63, 3.8) is 0 Å². The number of aryl methyl sites for hydroxylation is 3. The zero-order valence-electron chi connectivity index (χ0n) is 25.6. The molecule has 2 aliphatic rings. The van der Waals surface area contributed by atoms with Gasteiger partial charge in [0.05, 0.1) is 47.3 Å². The van der Waals surface area contributed by atoms with Gasteiger partial charge >= 0.3 is 12.3 Å². The molecule has 0 unspecified atom stereocenters. The highest BCUT2D eigenvalue weighted by atomic mass is 35.5. The SMILES string of the molecule is Cc1cc(-c2cc(Cl)ccc2OCCn2c(C)nc3c(c2=O)C[C@H](N2CCO[C@H](COC(F)(F)F)C2)CC3)c2scc(C(=O)O)c2n1. The van der Waals surface area contributed by atoms with Gasteiger partial charge in [-0.2, -0.15) is 0 Å². The number of aromatic nitrogens is 3. The first kappa shape index (κ1) is 33.3. The zero-order valence-corrected chi connectivity index (χ0v) is 27.2. The molecule has 15 heteroatoms. The highest BCUT2D eigenvalue weighted by Gasteiger charge is 2.35. The lowest BCUT2D eigenvalue weighted by Gasteiger charge is -2.40. The van der Waals surface area contributed by atoms with Gasteiger partial charge in [-0.1, -0.05) is 11.6 Å². The van der Waals surface area contributed by atoms with Crippen LogP contribution in [0.1, 0.15) is 39.6 Å². The van der Waals surface area contributed by atoms with Crippen LogP contribution in [0.3, 0.4) is 0 Å². The molecule has 2 atom stereocenters. The van der Waals surface area contributed by atoms with Gasteiger partial charge in [0, 0.05) is 51.9 Å². The molecule has 1 saturated heterocycles. The summed E-state index contributed by atoms with van der Waals surface area (Å²) in [6.07, 6.45) is -3.66. The van der Waals surface area contributed by atoms with Crippen molar-refractivity contribution in [3.05, 3.63) is 73.4 Å². The highest BCUT2D eigenvalue weighted by molar-refractivity contribution is 7.18. The van der Waals surface area contributed by atoms with Crippen LogP contribution in [0.2, 0.25) is 5.02 Å². The molecule has 1 fully saturated rings. The number of fused-ring (bicyclic) bond motifs is 2. The van der Waals surface area contributed by atoms with E-state index in [0.29, 0.717) is 63.0 Å². The lowest BCUT2D eigenvalue weighted by atomic mass is 9.91. The number of carboxylic acid groups (broad SMARTS) is 1. The fraction of sp³-hybridized carbons (Fsp3) is 0.438. The Balaban J connectivity index is 1.19. The third-order valence-electron chi connectivity index (χ3n) is 8.50. The van der Waals surface area contributed by atoms with Crippen LogP contribution in [0.4, 0.5) is 13.2 Å². The molecule has 0 bridgehead atoms. The van der Waals surface area contributed by atoms with Gasteiger partial charge in [0.2, 0.25) is 0 Å². The molecule has 250 valence electrons. The van der Waals surface area contributed by atoms with E-state index in [4.69, 9.17) is 26.1 Å². The first-order valence-electron chi connectivity index (χ1n) is 15.1. The maximum absolute atomic E-state index is 13.8. The standard InChI is InChI=1S/C32H32ClF3N4O6S/c1-17-11-23(29-28(37-17)25(16-47-29)31(42)43)22-12-19(33)3-6-27(22)45-10-8-40-18(2)38-26-5-4-20(13-24(26)30(40)41)39-7-9-44-21(14-39)15-46-32(34,35)36/h3,6,11-12,16,20-21H,4-5,7-10,13-15H2,1-2H3,(H,42,43)/t20-,21+/m1/s1. The van der Waals surface area contributed by atoms with E-state index in [9.17, 15) is 27.9 Å². The van der Waals surface area contributed by atoms with Crippen molar-refractivity contribution >= 4 is 39.1 Å². The average molecular weight is 693 g/mol. The minimum atomic E-state index is -4.72. The molecule has 6 rings (SSSR count). The van der Waals surface area contributed by atoms with E-state index in [-0.39, 0.29) is 43.5 Å². The van der Waals surface area contributed by atoms with Crippen LogP contribution in [0.15, 0.2) is 34.4 Å². The number of ether oxygens (including phenoxy) is 3. The third-order valence-corrected chi connectivity index (χ3v) is 9.74. The van der Waals surface area contributed by atoms with Gasteiger partial charge in [0.15, 0.2) is 0 Å². The highest BCUT2D eigenvalue weighted by Crippen LogP contribution is 2.40. The Bertz CT molecular complexity index is 1880. The monoisotopic (exact) mass is 692 g/mol. The number of nitrogens with zero attached hydrogens (tertiary/aromatic N) is 4. The molecule has 1 N–H and O–H groups in total. The van der Waals surface area contributed by atoms with Crippen molar-refractivity contribution in [3.8, 4) is 16.9 Å². The summed E-state index contributed by atoms with van der Waals surface area (Å²) in [6.45, 7) is 4.48. The van der Waals surface area contributed by atoms with Crippen LogP contribution in [-0.2, 0) is 28.9 Å². The maximum atomic E-state index is 13.8. The number of aromatic carboxylic acids is 1. The molecule has 10 nitrogen and oxygen atoms in total. The molecule has 4 aromatic rings. The Hall–Kier alpha value is -3.56. The quantitative estimate of drug-likeness (QED) is 0.237. The van der Waals surface area contributed by atoms with Crippen LogP contribution in [0, 0.1) is 13.8 Å². The number of pyridine rings is 1. The van der Waals surface area contributed by atoms with Crippen molar-refractivity contribution in [2.45, 2.75) is 58.2 Å². The number of morpholine rings is 1. The largest absolute Gasteiger partial charge is 0.522 e. The molecule has 47 heavy (non-hydrogen) atoms. The zero-order chi connectivity index (χ0) is 33.5. The van der Waals surface area contributed by atoms with Crippen molar-refractivity contribution in [2.24, 2.45) is 0 Å². The van der Waals surface area contributed by atoms with Crippen molar-refractivity contribution in [1.29, 1.82) is 0 Å². The molecule has 4 heterocycles. The summed E-state index contributed by atoms with van der Waals surface area (Å²) in [5, 5.41) is 11.7. The second-order valence-electron chi connectivity index (χ2n) is 11.6. The van der Waals surface area contributed by atoms with E-state index < -0.39 is 25.0 Å². The van der Waals surface area contributed by atoms with Crippen LogP contribution in [-0.4, -0.2) is 81.9 Å². The predicted octanol–water partition coefficient (Wildman–Crippen LogP) is 5.66. The molecule has 0 saturated carbocycles. The predicted molar refractivity (Wildman–Crippen MR) is 170 cm³/mol. The second-order valence-corrected chi connectivity index (χ2v) is 12.9. The number of carbonyl (C=O) groups is 1. The van der Waals surface area contributed by atoms with E-state index in [1.54, 1.807) is 42.0 Å². The summed E-state index contributed by atoms with van der Waals surface area (Å²) in [7, 11) is 0. The smallest absolute Gasteiger partial charge is 0.491 e. The number of thiophene rings is 1. The Morgan fingerprint density at radius 1 is 1.21 bits per heavy atom. The molecule has 0 spiro atoms. The Morgan fingerprint density at radius 2 is 2.02 bits per heavy atom. The fourth-order valence-electron chi connectivity index (χ4n) is 6.32. The molecular formula is C32H32ClF3N4O6S. The van der Waals surface area contributed by atoms with E-state index in [0.717, 1.165) is 17.7 Å². The van der Waals surface area contributed by atoms with Crippen LogP contribution in [0.25, 0.3) is 21.3 Å². The minimum Gasteiger partial charge on any atom is -0.491 e. The lowest BCUT2D eigenvalue weighted by Crippen LogP contribution is -2.51. The normalized spacial score (nSPS) is 18.8. The second kappa shape index (κ2) is 13.5. The first-order chi connectivity index (χ1) is 22.4. The van der Waals surface area contributed by atoms with Gasteiger partial charge < -0.3 is 14.6 Å². The Kier molecular flexibility index (Phi) is 9.59. The molecular weight excluding hydrogens is 661 g/mol. The Labute approximate surface area is 276 Å². The number of rotatable bonds is 9. The van der Waals surface area contributed by atoms with E-state index in [2.05, 4.69) is 14.6 Å². The summed E-state index contributed by atoms with van der Waals surface area (Å²) in [4.78, 5) is 36.8. The van der Waals surface area contributed by atoms with Gasteiger partial charge in [-0.3, -0.25) is 24.0 Å². The number of halogens is 4. The molecule has 1 aliphatic carbocycles. The van der Waals surface area contributed by atoms with Gasteiger partial charge in [-0.25, -0.2) is 9.78 Å². The van der Waals surface area contributed by atoms with Gasteiger partial charge in [-0.15, -0.1) is 24.5 Å². The van der Waals surface area contributed by atoms with E-state index in [1.165, 1.54) is 11.3 Å². The molecule has 0 radical (unpaired) electrons. The summed E-state index contributed by atoms with van der Waals surface area (Å²) >= 11 is 7.67. The van der Waals surface area contributed by atoms with Gasteiger partial charge in [-0.05, 0) is 57.4 Å². The maximum Gasteiger partial charge on any atom is 0.522 e. The van der Waals surface area contributed by atoms with Crippen molar-refractivity contribution in [1.82, 2.24) is 19.4 Å². The van der Waals surface area contributed by atoms with Crippen molar-refractivity contribution in [2.75, 3.05) is 32.9 Å². The summed E-state index contributed by atoms with van der Waals surface area (Å²) in [5.41, 5.74) is 3.77. The molecule has 1 aliphatic heterocycles. The number of alkyl halides is 3. The molecule has 0 amide bonds. The van der Waals surface area contributed by atoms with Crippen LogP contribution >= 0.6 is 22.9 Å². The van der Waals surface area contributed by atoms with Crippen LogP contribution < -0.4 is 10.3 Å². The fourth-order valence-corrected chi connectivity index (χ4v) is 7.50. The summed E-state index contributed by atoms with van der Waals surface area (Å²) < 4.78 is 55.7. The number of benzene rings is 1. The summed E-state index contributed by atoms with van der Waals surface area (Å²) in [6, 6.07) is 7.03. The summed E-state index contributed by atoms with van der Waals surface area (Å²) in [5.74, 6) is 0.0204. The topological polar surface area (TPSA) is 116 Å². The molecule has 1 aromatic carbocycles. The number of hydrogen-bond acceptors (Lipinski definition) is 9. The number of carboxylic acids is 1. The molecule has 3 aromatic heterocycles. The first-order valence-corrected chi connectivity index (χ1v) is 16.3. The lowest BCUT2D eigenvalue weighted by molar-refractivity contribution is -0.333. The van der Waals surface area contributed by atoms with Crippen molar-refractivity contribution < 1.29 is 37.3 Å². The minimum absolute atomic E-state index is 0.0298. The average Bonchev–Trinajstić information content (AvgIpc) is 3.46. The number of hydrogen-bond donors (Lipinski definition) is 1. The van der Waals surface area contributed by atoms with Gasteiger partial charge in [0.25, 0.3) is 5.56 Å². The van der Waals surface area contributed by atoms with E-state index in [1.807, 2.05) is 6.07 Å². The van der Waals surface area contributed by atoms with E-state index >= 15 is 0 Å². The van der Waals surface area contributed by atoms with Gasteiger partial charge in [0.1, 0.15) is 18.2 Å².